The molecule has 0 aliphatic carbocycles. The molecule has 1 unspecified atom stereocenters. The summed E-state index contributed by atoms with van der Waals surface area (Å²) >= 11 is 0. The highest BCUT2D eigenvalue weighted by molar-refractivity contribution is 5.66. The molecule has 3 heteroatoms. The maximum Gasteiger partial charge on any atom is 0.407 e. The van der Waals surface area contributed by atoms with Crippen LogP contribution in [-0.4, -0.2) is 28.2 Å². The molecule has 0 saturated carbocycles. The lowest BCUT2D eigenvalue weighted by molar-refractivity contribution is 0.0606. The van der Waals surface area contributed by atoms with E-state index in [1.807, 2.05) is 32.0 Å². The Morgan fingerprint density at radius 2 is 2.00 bits per heavy atom. The summed E-state index contributed by atoms with van der Waals surface area (Å²) in [6.45, 7) is 4.65. The molecule has 0 bridgehead atoms. The summed E-state index contributed by atoms with van der Waals surface area (Å²) in [5.74, 6) is 0.474. The topological polar surface area (TPSA) is 40.5 Å². The Morgan fingerprint density at radius 1 is 1.35 bits per heavy atom. The number of hydrogen-bond donors (Lipinski definition) is 1. The highest BCUT2D eigenvalue weighted by Gasteiger charge is 2.37. The number of amides is 1. The Balaban J connectivity index is 2.15. The number of nitrogens with zero attached hydrogens (tertiary/aromatic N) is 1. The Hall–Kier alpha value is -1.51. The van der Waals surface area contributed by atoms with Crippen molar-refractivity contribution >= 4 is 6.09 Å². The maximum atomic E-state index is 11.1. The van der Waals surface area contributed by atoms with Gasteiger partial charge in [0.25, 0.3) is 0 Å². The lowest BCUT2D eigenvalue weighted by atomic mass is 9.79. The fraction of sp³-hybridized carbons (Fsp3) is 0.500. The molecule has 0 radical (unpaired) electrons. The van der Waals surface area contributed by atoms with Crippen LogP contribution in [0.4, 0.5) is 4.79 Å². The quantitative estimate of drug-likeness (QED) is 0.808. The fourth-order valence-corrected chi connectivity index (χ4v) is 2.77. The molecule has 0 spiro atoms. The summed E-state index contributed by atoms with van der Waals surface area (Å²) in [5, 5.41) is 9.16. The summed E-state index contributed by atoms with van der Waals surface area (Å²) in [6, 6.07) is 10.4. The smallest absolute Gasteiger partial charge is 0.407 e. The van der Waals surface area contributed by atoms with Gasteiger partial charge in [0.2, 0.25) is 0 Å². The van der Waals surface area contributed by atoms with E-state index >= 15 is 0 Å². The van der Waals surface area contributed by atoms with E-state index in [0.29, 0.717) is 12.5 Å². The molecule has 1 aliphatic heterocycles. The molecule has 1 fully saturated rings. The molecule has 1 saturated heterocycles. The number of piperidine rings is 1. The van der Waals surface area contributed by atoms with Crippen molar-refractivity contribution in [3.8, 4) is 0 Å². The summed E-state index contributed by atoms with van der Waals surface area (Å²) in [6.07, 6.45) is 1.00. The van der Waals surface area contributed by atoms with Crippen LogP contribution >= 0.6 is 0 Å². The fourth-order valence-electron chi connectivity index (χ4n) is 2.77. The number of rotatable bonds is 1. The predicted octanol–water partition coefficient (Wildman–Crippen LogP) is 3.32. The molecule has 1 aromatic carbocycles. The van der Waals surface area contributed by atoms with Crippen molar-refractivity contribution < 1.29 is 9.90 Å². The van der Waals surface area contributed by atoms with Gasteiger partial charge in [0.1, 0.15) is 0 Å². The van der Waals surface area contributed by atoms with Crippen LogP contribution in [0.25, 0.3) is 0 Å². The lowest BCUT2D eigenvalue weighted by Gasteiger charge is -2.44. The molecule has 1 aliphatic rings. The first kappa shape index (κ1) is 12.0. The minimum absolute atomic E-state index is 0.273. The summed E-state index contributed by atoms with van der Waals surface area (Å²) in [7, 11) is 0. The average Bonchev–Trinajstić information content (AvgIpc) is 2.28. The van der Waals surface area contributed by atoms with Gasteiger partial charge in [-0.25, -0.2) is 4.79 Å². The lowest BCUT2D eigenvalue weighted by Crippen LogP contribution is -2.51. The van der Waals surface area contributed by atoms with Gasteiger partial charge >= 0.3 is 6.09 Å². The number of carboxylic acid groups (broad SMARTS) is 1. The van der Waals surface area contributed by atoms with Crippen molar-refractivity contribution in [2.24, 2.45) is 0 Å². The third kappa shape index (κ3) is 2.43. The van der Waals surface area contributed by atoms with Crippen LogP contribution in [0.2, 0.25) is 0 Å². The van der Waals surface area contributed by atoms with E-state index in [9.17, 15) is 4.79 Å². The second kappa shape index (κ2) is 4.40. The first-order valence-corrected chi connectivity index (χ1v) is 6.06. The normalized spacial score (nSPS) is 23.4. The van der Waals surface area contributed by atoms with Gasteiger partial charge in [-0.15, -0.1) is 0 Å². The molecule has 1 amide bonds. The summed E-state index contributed by atoms with van der Waals surface area (Å²) in [5.41, 5.74) is 1.05. The molecule has 1 atom stereocenters. The van der Waals surface area contributed by atoms with Crippen molar-refractivity contribution in [1.82, 2.24) is 4.90 Å². The van der Waals surface area contributed by atoms with Gasteiger partial charge < -0.3 is 10.0 Å². The SMILES string of the molecule is CC1(C)CC(c2ccccc2)CCN1C(=O)O. The number of likely N-dealkylation sites (tertiary alicyclic amines) is 1. The zero-order chi connectivity index (χ0) is 12.5. The second-order valence-corrected chi connectivity index (χ2v) is 5.35. The number of benzene rings is 1. The Kier molecular flexibility index (Phi) is 3.09. The molecule has 1 N–H and O–H groups in total. The largest absolute Gasteiger partial charge is 0.465 e. The highest BCUT2D eigenvalue weighted by atomic mass is 16.4. The van der Waals surface area contributed by atoms with Gasteiger partial charge in [-0.2, -0.15) is 0 Å². The standard InChI is InChI=1S/C14H19NO2/c1-14(2)10-12(8-9-15(14)13(16)17)11-6-4-3-5-7-11/h3-7,12H,8-10H2,1-2H3,(H,16,17). The van der Waals surface area contributed by atoms with Crippen molar-refractivity contribution in [3.05, 3.63) is 35.9 Å². The zero-order valence-electron chi connectivity index (χ0n) is 10.4. The van der Waals surface area contributed by atoms with E-state index in [1.165, 1.54) is 5.56 Å². The van der Waals surface area contributed by atoms with Gasteiger partial charge in [-0.05, 0) is 38.2 Å². The zero-order valence-corrected chi connectivity index (χ0v) is 10.4. The summed E-state index contributed by atoms with van der Waals surface area (Å²) < 4.78 is 0. The molecule has 92 valence electrons. The van der Waals surface area contributed by atoms with Crippen LogP contribution < -0.4 is 0 Å². The van der Waals surface area contributed by atoms with E-state index in [0.717, 1.165) is 12.8 Å². The van der Waals surface area contributed by atoms with Crippen LogP contribution in [0.1, 0.15) is 38.2 Å². The highest BCUT2D eigenvalue weighted by Crippen LogP contribution is 2.37. The molecule has 17 heavy (non-hydrogen) atoms. The third-order valence-corrected chi connectivity index (χ3v) is 3.68. The predicted molar refractivity (Wildman–Crippen MR) is 67.2 cm³/mol. The van der Waals surface area contributed by atoms with Gasteiger partial charge in [0, 0.05) is 12.1 Å². The minimum Gasteiger partial charge on any atom is -0.465 e. The maximum absolute atomic E-state index is 11.1. The minimum atomic E-state index is -0.804. The van der Waals surface area contributed by atoms with Crippen LogP contribution in [0, 0.1) is 0 Å². The average molecular weight is 233 g/mol. The molecular weight excluding hydrogens is 214 g/mol. The Morgan fingerprint density at radius 3 is 2.53 bits per heavy atom. The second-order valence-electron chi connectivity index (χ2n) is 5.35. The van der Waals surface area contributed by atoms with Crippen LogP contribution in [0.5, 0.6) is 0 Å². The summed E-state index contributed by atoms with van der Waals surface area (Å²) in [4.78, 5) is 12.7. The Labute approximate surface area is 102 Å². The number of hydrogen-bond acceptors (Lipinski definition) is 1. The van der Waals surface area contributed by atoms with Gasteiger partial charge in [0.05, 0.1) is 0 Å². The molecule has 1 aromatic rings. The molecule has 2 rings (SSSR count). The monoisotopic (exact) mass is 233 g/mol. The van der Waals surface area contributed by atoms with E-state index in [2.05, 4.69) is 12.1 Å². The number of carbonyl (C=O) groups is 1. The van der Waals surface area contributed by atoms with Crippen molar-refractivity contribution in [2.45, 2.75) is 38.1 Å². The van der Waals surface area contributed by atoms with Crippen LogP contribution in [0.15, 0.2) is 30.3 Å². The first-order chi connectivity index (χ1) is 8.00. The molecule has 1 heterocycles. The van der Waals surface area contributed by atoms with Crippen LogP contribution in [0.3, 0.4) is 0 Å². The van der Waals surface area contributed by atoms with Gasteiger partial charge in [0.15, 0.2) is 0 Å². The van der Waals surface area contributed by atoms with Gasteiger partial charge in [-0.3, -0.25) is 0 Å². The van der Waals surface area contributed by atoms with Crippen LogP contribution in [-0.2, 0) is 0 Å². The van der Waals surface area contributed by atoms with E-state index in [4.69, 9.17) is 5.11 Å². The van der Waals surface area contributed by atoms with E-state index in [1.54, 1.807) is 4.90 Å². The molecule has 0 aromatic heterocycles. The van der Waals surface area contributed by atoms with Crippen molar-refractivity contribution in [1.29, 1.82) is 0 Å². The molecule has 3 nitrogen and oxygen atoms in total. The Bertz CT molecular complexity index is 400. The third-order valence-electron chi connectivity index (χ3n) is 3.68. The van der Waals surface area contributed by atoms with Crippen molar-refractivity contribution in [2.75, 3.05) is 6.54 Å². The van der Waals surface area contributed by atoms with E-state index in [-0.39, 0.29) is 5.54 Å². The first-order valence-electron chi connectivity index (χ1n) is 6.06. The van der Waals surface area contributed by atoms with Crippen molar-refractivity contribution in [3.63, 3.8) is 0 Å². The van der Waals surface area contributed by atoms with E-state index < -0.39 is 6.09 Å². The molecular formula is C14H19NO2. The van der Waals surface area contributed by atoms with Gasteiger partial charge in [-0.1, -0.05) is 30.3 Å².